The summed E-state index contributed by atoms with van der Waals surface area (Å²) in [6, 6.07) is 18.5. The summed E-state index contributed by atoms with van der Waals surface area (Å²) >= 11 is 0. The van der Waals surface area contributed by atoms with Crippen LogP contribution in [0.2, 0.25) is 0 Å². The molecular formula is C22H30NaO+. The summed E-state index contributed by atoms with van der Waals surface area (Å²) in [7, 11) is 0. The number of ether oxygens (including phenoxy) is 1. The van der Waals surface area contributed by atoms with Gasteiger partial charge in [-0.05, 0) is 36.6 Å². The first-order valence-corrected chi connectivity index (χ1v) is 9.21. The van der Waals surface area contributed by atoms with Gasteiger partial charge in [-0.3, -0.25) is 0 Å². The monoisotopic (exact) mass is 333 g/mol. The first-order chi connectivity index (χ1) is 11.4. The van der Waals surface area contributed by atoms with E-state index in [-0.39, 0.29) is 29.6 Å². The molecule has 0 amide bonds. The summed E-state index contributed by atoms with van der Waals surface area (Å²) in [6.07, 6.45) is 12.0. The molecule has 2 aromatic carbocycles. The largest absolute Gasteiger partial charge is 1.00 e. The molecule has 1 nitrogen and oxygen atoms in total. The third-order valence-electron chi connectivity index (χ3n) is 4.24. The predicted octanol–water partition coefficient (Wildman–Crippen LogP) is 4.17. The Morgan fingerprint density at radius 1 is 0.667 bits per heavy atom. The molecule has 0 N–H and O–H groups in total. The smallest absolute Gasteiger partial charge is 0.457 e. The van der Waals surface area contributed by atoms with E-state index in [1.54, 1.807) is 0 Å². The fraction of sp³-hybridized carbons (Fsp3) is 0.455. The van der Waals surface area contributed by atoms with Crippen molar-refractivity contribution in [1.82, 2.24) is 0 Å². The van der Waals surface area contributed by atoms with E-state index in [1.165, 1.54) is 56.9 Å². The van der Waals surface area contributed by atoms with Crippen molar-refractivity contribution < 1.29 is 34.3 Å². The van der Waals surface area contributed by atoms with Gasteiger partial charge >= 0.3 is 29.6 Å². The van der Waals surface area contributed by atoms with Gasteiger partial charge in [0.2, 0.25) is 0 Å². The average Bonchev–Trinajstić information content (AvgIpc) is 2.59. The molecule has 0 spiro atoms. The minimum atomic E-state index is 0. The Hall–Kier alpha value is -0.760. The molecule has 0 radical (unpaired) electrons. The van der Waals surface area contributed by atoms with Gasteiger partial charge in [0.1, 0.15) is 11.5 Å². The summed E-state index contributed by atoms with van der Waals surface area (Å²) in [4.78, 5) is 0. The maximum absolute atomic E-state index is 6.03. The zero-order chi connectivity index (χ0) is 16.2. The van der Waals surface area contributed by atoms with Gasteiger partial charge in [-0.25, -0.2) is 0 Å². The number of hydrogen-bond donors (Lipinski definition) is 0. The first-order valence-electron chi connectivity index (χ1n) is 9.21. The molecule has 2 heteroatoms. The van der Waals surface area contributed by atoms with E-state index >= 15 is 0 Å². The number of aryl methyl sites for hydroxylation is 1. The summed E-state index contributed by atoms with van der Waals surface area (Å²) < 4.78 is 6.03. The predicted molar refractivity (Wildman–Crippen MR) is 99.3 cm³/mol. The quantitative estimate of drug-likeness (QED) is 0.443. The van der Waals surface area contributed by atoms with Crippen LogP contribution in [0.15, 0.2) is 54.6 Å². The zero-order valence-electron chi connectivity index (χ0n) is 15.5. The molecule has 2 rings (SSSR count). The van der Waals surface area contributed by atoms with Crippen LogP contribution in [0.3, 0.4) is 0 Å². The molecule has 2 aromatic rings. The van der Waals surface area contributed by atoms with Gasteiger partial charge in [-0.15, -0.1) is 0 Å². The van der Waals surface area contributed by atoms with Crippen molar-refractivity contribution in [2.24, 2.45) is 0 Å². The Morgan fingerprint density at radius 2 is 1.25 bits per heavy atom. The molecule has 0 aromatic heterocycles. The van der Waals surface area contributed by atoms with Crippen molar-refractivity contribution in [1.29, 1.82) is 0 Å². The van der Waals surface area contributed by atoms with Crippen LogP contribution in [0.25, 0.3) is 0 Å². The van der Waals surface area contributed by atoms with Crippen molar-refractivity contribution in [3.05, 3.63) is 60.2 Å². The molecule has 0 aliphatic rings. The fourth-order valence-corrected chi connectivity index (χ4v) is 2.87. The molecule has 0 aliphatic carbocycles. The van der Waals surface area contributed by atoms with Gasteiger partial charge < -0.3 is 4.74 Å². The van der Waals surface area contributed by atoms with E-state index in [0.29, 0.717) is 0 Å². The maximum atomic E-state index is 6.03. The number of hydrogen-bond acceptors (Lipinski definition) is 1. The van der Waals surface area contributed by atoms with Crippen LogP contribution in [0.4, 0.5) is 0 Å². The van der Waals surface area contributed by atoms with Gasteiger partial charge in [-0.2, -0.15) is 0 Å². The Bertz CT molecular complexity index is 539. The second-order valence-corrected chi connectivity index (χ2v) is 6.25. The number of benzene rings is 2. The van der Waals surface area contributed by atoms with Crippen LogP contribution in [-0.2, 0) is 6.42 Å². The van der Waals surface area contributed by atoms with Crippen LogP contribution in [0.5, 0.6) is 11.5 Å². The second kappa shape index (κ2) is 13.5. The first kappa shape index (κ1) is 21.3. The van der Waals surface area contributed by atoms with Crippen LogP contribution in [0, 0.1) is 0 Å². The van der Waals surface area contributed by atoms with Crippen molar-refractivity contribution in [3.63, 3.8) is 0 Å². The zero-order valence-corrected chi connectivity index (χ0v) is 17.5. The molecule has 0 bridgehead atoms. The fourth-order valence-electron chi connectivity index (χ4n) is 2.87. The van der Waals surface area contributed by atoms with Gasteiger partial charge in [0, 0.05) is 0 Å². The van der Waals surface area contributed by atoms with Gasteiger partial charge in [0.05, 0.1) is 0 Å². The minimum absolute atomic E-state index is 0. The van der Waals surface area contributed by atoms with E-state index in [4.69, 9.17) is 4.74 Å². The van der Waals surface area contributed by atoms with Crippen LogP contribution in [0.1, 0.15) is 63.9 Å². The van der Waals surface area contributed by atoms with Gasteiger partial charge in [0.25, 0.3) is 0 Å². The van der Waals surface area contributed by atoms with E-state index in [1.807, 2.05) is 30.3 Å². The molecule has 0 fully saturated rings. The molecule has 0 saturated heterocycles. The van der Waals surface area contributed by atoms with Gasteiger partial charge in [-0.1, -0.05) is 88.3 Å². The summed E-state index contributed by atoms with van der Waals surface area (Å²) in [5.74, 6) is 1.91. The Kier molecular flexibility index (Phi) is 12.0. The molecule has 24 heavy (non-hydrogen) atoms. The van der Waals surface area contributed by atoms with Crippen LogP contribution < -0.4 is 34.3 Å². The van der Waals surface area contributed by atoms with Crippen molar-refractivity contribution in [2.75, 3.05) is 0 Å². The Morgan fingerprint density at radius 3 is 1.96 bits per heavy atom. The second-order valence-electron chi connectivity index (χ2n) is 6.25. The standard InChI is InChI=1S/C22H30O.Na/c1-2-3-4-5-6-7-8-10-15-20-16-13-14-19-22(20)23-21-17-11-9-12-18-21;/h9,11-14,16-19H,2-8,10,15H2,1H3;/q;+1. The summed E-state index contributed by atoms with van der Waals surface area (Å²) in [5, 5.41) is 0. The number of para-hydroxylation sites is 2. The molecule has 124 valence electrons. The molecule has 0 aliphatic heterocycles. The maximum Gasteiger partial charge on any atom is 1.00 e. The van der Waals surface area contributed by atoms with E-state index < -0.39 is 0 Å². The number of unbranched alkanes of at least 4 members (excludes halogenated alkanes) is 7. The number of rotatable bonds is 11. The minimum Gasteiger partial charge on any atom is -0.457 e. The molecule has 0 unspecified atom stereocenters. The molecule has 0 heterocycles. The molecule has 0 saturated carbocycles. The van der Waals surface area contributed by atoms with Crippen LogP contribution >= 0.6 is 0 Å². The van der Waals surface area contributed by atoms with E-state index in [0.717, 1.165) is 17.9 Å². The normalized spacial score (nSPS) is 10.2. The third-order valence-corrected chi connectivity index (χ3v) is 4.24. The summed E-state index contributed by atoms with van der Waals surface area (Å²) in [5.41, 5.74) is 1.32. The SMILES string of the molecule is CCCCCCCCCCc1ccccc1Oc1ccccc1.[Na+]. The molecule has 0 atom stereocenters. The van der Waals surface area contributed by atoms with E-state index in [2.05, 4.69) is 31.2 Å². The molecular weight excluding hydrogens is 303 g/mol. The van der Waals surface area contributed by atoms with Crippen molar-refractivity contribution in [2.45, 2.75) is 64.7 Å². The van der Waals surface area contributed by atoms with Gasteiger partial charge in [0.15, 0.2) is 0 Å². The Balaban J connectivity index is 0.00000288. The van der Waals surface area contributed by atoms with Crippen LogP contribution in [-0.4, -0.2) is 0 Å². The average molecular weight is 333 g/mol. The topological polar surface area (TPSA) is 9.23 Å². The Labute approximate surface area is 170 Å². The third kappa shape index (κ3) is 8.37. The van der Waals surface area contributed by atoms with Crippen molar-refractivity contribution in [3.8, 4) is 11.5 Å². The van der Waals surface area contributed by atoms with E-state index in [9.17, 15) is 0 Å². The summed E-state index contributed by atoms with van der Waals surface area (Å²) in [6.45, 7) is 2.27. The van der Waals surface area contributed by atoms with Crippen molar-refractivity contribution >= 4 is 0 Å².